The molecule has 8 N–H and O–H groups in total. The van der Waals surface area contributed by atoms with E-state index in [1.807, 2.05) is 97.1 Å². The summed E-state index contributed by atoms with van der Waals surface area (Å²) < 4.78 is 14.9. The number of carbonyl (C=O) groups excluding carboxylic acids is 3. The van der Waals surface area contributed by atoms with Gasteiger partial charge in [0.1, 0.15) is 19.8 Å². The van der Waals surface area contributed by atoms with Crippen molar-refractivity contribution in [3.05, 3.63) is 132 Å². The van der Waals surface area contributed by atoms with Crippen LogP contribution in [0.3, 0.4) is 0 Å². The van der Waals surface area contributed by atoms with Gasteiger partial charge in [-0.1, -0.05) is 115 Å². The standard InChI is InChI=1S/C13H17NO4.C13H15NO2.C8H7ClO2.C5H11NO2.C5H9N.C4H10O.CH4O/c15-11-6-7-14(8-12(11)16)13(17)18-9-10-4-2-1-3-5-10;15-13(14-9-5-2-6-10-14)16-11-12-7-3-1-4-8-12;9-8(10)11-6-7-4-2-1-3-5-7;7-4-1-2-6-3-5(4)8;1-2-4-6-5-3-1;1-4(2,3)5;1-2/h1-5,11-12,15-16H,6-9H2;1-5,7-8H,6,9-11H2;1-5H,6H2;4-8H,1-3H2;1-2,6H,3-5H2;5H,1-3H3;2H,1H3/t11-,12+;;;4-,5+;;;/m1..1.../s1. The first-order valence-electron chi connectivity index (χ1n) is 22.0. The molecule has 4 atom stereocenters. The van der Waals surface area contributed by atoms with Crippen molar-refractivity contribution >= 4 is 29.2 Å². The summed E-state index contributed by atoms with van der Waals surface area (Å²) >= 11 is 4.97. The van der Waals surface area contributed by atoms with Gasteiger partial charge in [0, 0.05) is 51.4 Å². The molecule has 2 saturated heterocycles. The van der Waals surface area contributed by atoms with Crippen LogP contribution < -0.4 is 10.6 Å². The number of aliphatic hydroxyl groups is 6. The van der Waals surface area contributed by atoms with Crippen molar-refractivity contribution in [2.45, 2.75) is 96.3 Å². The Hall–Kier alpha value is -4.88. The lowest BCUT2D eigenvalue weighted by molar-refractivity contribution is -0.0371. The number of ether oxygens (including phenoxy) is 3. The van der Waals surface area contributed by atoms with Gasteiger partial charge in [-0.15, -0.1) is 0 Å². The van der Waals surface area contributed by atoms with Crippen molar-refractivity contribution < 1.29 is 59.2 Å². The maximum atomic E-state index is 11.7. The van der Waals surface area contributed by atoms with Crippen LogP contribution in [0, 0.1) is 0 Å². The molecule has 4 aliphatic heterocycles. The molecule has 0 spiro atoms. The highest BCUT2D eigenvalue weighted by Crippen LogP contribution is 2.13. The fraction of sp³-hybridized carbons (Fsp3) is 0.490. The quantitative estimate of drug-likeness (QED) is 0.0865. The van der Waals surface area contributed by atoms with Crippen molar-refractivity contribution in [3.8, 4) is 0 Å². The van der Waals surface area contributed by atoms with Crippen molar-refractivity contribution in [3.63, 3.8) is 0 Å². The van der Waals surface area contributed by atoms with Gasteiger partial charge in [0.15, 0.2) is 0 Å². The molecule has 3 aromatic carbocycles. The summed E-state index contributed by atoms with van der Waals surface area (Å²) in [7, 11) is 1.00. The van der Waals surface area contributed by atoms with E-state index in [9.17, 15) is 24.6 Å². The van der Waals surface area contributed by atoms with Crippen LogP contribution in [0.4, 0.5) is 14.4 Å². The summed E-state index contributed by atoms with van der Waals surface area (Å²) in [6.45, 7) is 11.6. The summed E-state index contributed by atoms with van der Waals surface area (Å²) in [6.07, 6.45) is 8.24. The SMILES string of the molecule is C1=CCNCC1.CC(C)(C)O.CO.O=C(Cl)OCc1ccccc1.O=C(OCc1ccccc1)N1CC=CCC1.O=C(OCc1ccccc1)N1CC[C@@H](O)[C@@H](O)C1.O[C@@H]1CCNC[C@@H]1O. The molecule has 17 heteroatoms. The molecule has 0 bridgehead atoms. The zero-order valence-electron chi connectivity index (χ0n) is 38.8. The monoisotopic (exact) mass is 944 g/mol. The number of halogens is 1. The fourth-order valence-electron chi connectivity index (χ4n) is 5.63. The number of hydrogen-bond donors (Lipinski definition) is 8. The van der Waals surface area contributed by atoms with E-state index in [0.29, 0.717) is 39.1 Å². The molecule has 3 aromatic rings. The molecule has 2 amide bonds. The number of rotatable bonds is 6. The highest BCUT2D eigenvalue weighted by Gasteiger charge is 2.29. The second-order valence-corrected chi connectivity index (χ2v) is 16.2. The van der Waals surface area contributed by atoms with Crippen molar-refractivity contribution in [1.29, 1.82) is 0 Å². The number of piperidine rings is 2. The van der Waals surface area contributed by atoms with E-state index in [2.05, 4.69) is 33.6 Å². The Balaban J connectivity index is 0.000000414. The van der Waals surface area contributed by atoms with E-state index >= 15 is 0 Å². The number of β-amino-alcohol motifs (C(OH)–C–C–N with tert-alkyl or cyclic N) is 2. The third-order valence-electron chi connectivity index (χ3n) is 9.06. The van der Waals surface area contributed by atoms with E-state index in [-0.39, 0.29) is 25.9 Å². The first-order chi connectivity index (χ1) is 31.6. The third kappa shape index (κ3) is 31.1. The molecule has 16 nitrogen and oxygen atoms in total. The van der Waals surface area contributed by atoms with Crippen LogP contribution in [0.2, 0.25) is 0 Å². The molecule has 4 heterocycles. The van der Waals surface area contributed by atoms with Crippen LogP contribution in [0.15, 0.2) is 115 Å². The van der Waals surface area contributed by atoms with Crippen LogP contribution in [-0.4, -0.2) is 148 Å². The molecule has 7 rings (SSSR count). The van der Waals surface area contributed by atoms with Gasteiger partial charge in [-0.05, 0) is 76.2 Å². The second-order valence-electron chi connectivity index (χ2n) is 15.9. The molecule has 0 unspecified atom stereocenters. The highest BCUT2D eigenvalue weighted by atomic mass is 35.5. The molecule has 368 valence electrons. The van der Waals surface area contributed by atoms with Gasteiger partial charge in [0.05, 0.1) is 36.6 Å². The van der Waals surface area contributed by atoms with Crippen LogP contribution >= 0.6 is 11.6 Å². The van der Waals surface area contributed by atoms with Gasteiger partial charge in [0.25, 0.3) is 0 Å². The Bertz CT molecular complexity index is 1730. The Kier molecular flexibility index (Phi) is 32.5. The molecular weight excluding hydrogens is 872 g/mol. The Morgan fingerprint density at radius 2 is 1.08 bits per heavy atom. The van der Waals surface area contributed by atoms with Gasteiger partial charge in [-0.25, -0.2) is 14.4 Å². The lowest BCUT2D eigenvalue weighted by Crippen LogP contribution is -2.49. The van der Waals surface area contributed by atoms with Gasteiger partial charge in [-0.2, -0.15) is 0 Å². The molecular formula is C49H73ClN4O12. The number of carbonyl (C=O) groups is 3. The second kappa shape index (κ2) is 36.3. The number of hydrogen-bond acceptors (Lipinski definition) is 14. The number of aliphatic hydroxyl groups excluding tert-OH is 5. The summed E-state index contributed by atoms with van der Waals surface area (Å²) in [6, 6.07) is 28.5. The fourth-order valence-corrected chi connectivity index (χ4v) is 5.68. The molecule has 0 radical (unpaired) electrons. The van der Waals surface area contributed by atoms with Gasteiger partial charge >= 0.3 is 17.6 Å². The van der Waals surface area contributed by atoms with Crippen LogP contribution in [0.25, 0.3) is 0 Å². The van der Waals surface area contributed by atoms with Crippen molar-refractivity contribution in [1.82, 2.24) is 20.4 Å². The first-order valence-corrected chi connectivity index (χ1v) is 22.4. The average Bonchev–Trinajstić information content (AvgIpc) is 3.34. The van der Waals surface area contributed by atoms with Crippen LogP contribution in [0.1, 0.15) is 63.1 Å². The topological polar surface area (TPSA) is 231 Å². The number of likely N-dealkylation sites (tertiary alicyclic amines) is 1. The molecule has 66 heavy (non-hydrogen) atoms. The lowest BCUT2D eigenvalue weighted by atomic mass is 10.1. The van der Waals surface area contributed by atoms with Gasteiger partial charge in [-0.3, -0.25) is 0 Å². The molecule has 0 saturated carbocycles. The number of nitrogens with one attached hydrogen (secondary N) is 2. The van der Waals surface area contributed by atoms with E-state index in [4.69, 9.17) is 41.5 Å². The van der Waals surface area contributed by atoms with E-state index in [1.165, 1.54) is 11.3 Å². The zero-order chi connectivity index (χ0) is 49.0. The predicted octanol–water partition coefficient (Wildman–Crippen LogP) is 5.52. The highest BCUT2D eigenvalue weighted by molar-refractivity contribution is 6.61. The number of nitrogens with zero attached hydrogens (tertiary/aromatic N) is 2. The predicted molar refractivity (Wildman–Crippen MR) is 256 cm³/mol. The average molecular weight is 946 g/mol. The summed E-state index contributed by atoms with van der Waals surface area (Å²) in [5.41, 5.74) is 1.60. The minimum atomic E-state index is -0.886. The maximum absolute atomic E-state index is 11.7. The van der Waals surface area contributed by atoms with Crippen LogP contribution in [0.5, 0.6) is 0 Å². The smallest absolute Gasteiger partial charge is 0.410 e. The Morgan fingerprint density at radius 3 is 1.42 bits per heavy atom. The van der Waals surface area contributed by atoms with Gasteiger partial charge in [0.2, 0.25) is 0 Å². The van der Waals surface area contributed by atoms with Crippen LogP contribution in [-0.2, 0) is 34.0 Å². The van der Waals surface area contributed by atoms with E-state index in [0.717, 1.165) is 56.4 Å². The van der Waals surface area contributed by atoms with E-state index < -0.39 is 41.5 Å². The number of benzene rings is 3. The zero-order valence-corrected chi connectivity index (χ0v) is 39.5. The maximum Gasteiger partial charge on any atom is 0.410 e. The van der Waals surface area contributed by atoms with Gasteiger partial charge < -0.3 is 65.3 Å². The molecule has 0 aliphatic carbocycles. The largest absolute Gasteiger partial charge is 0.449 e. The summed E-state index contributed by atoms with van der Waals surface area (Å²) in [5.74, 6) is 0. The normalized spacial score (nSPS) is 19.4. The third-order valence-corrected chi connectivity index (χ3v) is 9.17. The first kappa shape index (κ1) is 59.1. The summed E-state index contributed by atoms with van der Waals surface area (Å²) in [4.78, 5) is 36.7. The molecule has 4 aliphatic rings. The van der Waals surface area contributed by atoms with Crippen molar-refractivity contribution in [2.75, 3.05) is 59.5 Å². The summed E-state index contributed by atoms with van der Waals surface area (Å²) in [5, 5.41) is 58.3. The van der Waals surface area contributed by atoms with Crippen molar-refractivity contribution in [2.24, 2.45) is 0 Å². The lowest BCUT2D eigenvalue weighted by Gasteiger charge is -2.32. The number of amides is 2. The minimum absolute atomic E-state index is 0.120. The molecule has 0 aromatic heterocycles. The Labute approximate surface area is 395 Å². The molecule has 2 fully saturated rings. The minimum Gasteiger partial charge on any atom is -0.449 e. The van der Waals surface area contributed by atoms with E-state index in [1.54, 1.807) is 25.7 Å². The Morgan fingerprint density at radius 1 is 0.606 bits per heavy atom.